The normalized spacial score (nSPS) is 16.2. The molecule has 1 amide bonds. The molecule has 1 fully saturated rings. The molecule has 1 aliphatic heterocycles. The second-order valence-corrected chi connectivity index (χ2v) is 8.87. The number of benzene rings is 2. The van der Waals surface area contributed by atoms with Crippen molar-refractivity contribution in [2.24, 2.45) is 0 Å². The summed E-state index contributed by atoms with van der Waals surface area (Å²) < 4.78 is 2.13. The summed E-state index contributed by atoms with van der Waals surface area (Å²) in [6.07, 6.45) is 6.57. The first-order valence-electron chi connectivity index (χ1n) is 11.1. The molecule has 2 heterocycles. The van der Waals surface area contributed by atoms with Crippen LogP contribution in [0.2, 0.25) is 5.02 Å². The molecule has 1 saturated heterocycles. The lowest BCUT2D eigenvalue weighted by Crippen LogP contribution is -2.44. The number of hydrogen-bond donors (Lipinski definition) is 1. The first-order chi connectivity index (χ1) is 15.2. The van der Waals surface area contributed by atoms with Gasteiger partial charge in [0, 0.05) is 62.0 Å². The van der Waals surface area contributed by atoms with Crippen molar-refractivity contribution in [1.82, 2.24) is 14.8 Å². The van der Waals surface area contributed by atoms with Crippen LogP contribution in [0.3, 0.4) is 0 Å². The maximum Gasteiger partial charge on any atom is 0.220 e. The third-order valence-electron chi connectivity index (χ3n) is 6.07. The van der Waals surface area contributed by atoms with E-state index in [-0.39, 0.29) is 17.9 Å². The van der Waals surface area contributed by atoms with E-state index in [4.69, 9.17) is 11.6 Å². The molecule has 5 heteroatoms. The Morgan fingerprint density at radius 1 is 0.968 bits per heavy atom. The second-order valence-electron chi connectivity index (χ2n) is 8.44. The molecule has 1 N–H and O–H groups in total. The fraction of sp³-hybridized carbons (Fsp3) is 0.346. The lowest BCUT2D eigenvalue weighted by molar-refractivity contribution is -0.122. The van der Waals surface area contributed by atoms with Crippen LogP contribution in [0.4, 0.5) is 0 Å². The second kappa shape index (κ2) is 10.7. The Morgan fingerprint density at radius 2 is 1.65 bits per heavy atom. The molecule has 4 rings (SSSR count). The highest BCUT2D eigenvalue weighted by Crippen LogP contribution is 2.24. The Labute approximate surface area is 189 Å². The van der Waals surface area contributed by atoms with Gasteiger partial charge in [-0.15, -0.1) is 0 Å². The Bertz CT molecular complexity index is 933. The fourth-order valence-corrected chi connectivity index (χ4v) is 4.48. The molecule has 0 radical (unpaired) electrons. The van der Waals surface area contributed by atoms with Crippen LogP contribution >= 0.6 is 11.6 Å². The predicted octanol–water partition coefficient (Wildman–Crippen LogP) is 5.10. The number of nitrogens with zero attached hydrogens (tertiary/aromatic N) is 2. The summed E-state index contributed by atoms with van der Waals surface area (Å²) in [4.78, 5) is 15.4. The minimum absolute atomic E-state index is 0.114. The van der Waals surface area contributed by atoms with Crippen molar-refractivity contribution in [3.63, 3.8) is 0 Å². The number of hydrogen-bond acceptors (Lipinski definition) is 2. The molecule has 0 aliphatic carbocycles. The lowest BCUT2D eigenvalue weighted by Gasteiger charge is -2.32. The van der Waals surface area contributed by atoms with E-state index in [2.05, 4.69) is 45.1 Å². The van der Waals surface area contributed by atoms with Crippen LogP contribution in [0.25, 0.3) is 0 Å². The number of rotatable bonds is 8. The van der Waals surface area contributed by atoms with Crippen LogP contribution in [0.5, 0.6) is 0 Å². The van der Waals surface area contributed by atoms with Gasteiger partial charge in [0.2, 0.25) is 5.91 Å². The highest BCUT2D eigenvalue weighted by Gasteiger charge is 2.23. The number of carbonyl (C=O) groups excluding carboxylic acids is 1. The zero-order valence-electron chi connectivity index (χ0n) is 17.8. The van der Waals surface area contributed by atoms with Gasteiger partial charge in [-0.1, -0.05) is 54.1 Å². The van der Waals surface area contributed by atoms with E-state index < -0.39 is 0 Å². The summed E-state index contributed by atoms with van der Waals surface area (Å²) in [5.74, 6) is 0.247. The van der Waals surface area contributed by atoms with Crippen LogP contribution in [0.15, 0.2) is 79.1 Å². The van der Waals surface area contributed by atoms with Crippen LogP contribution < -0.4 is 5.32 Å². The highest BCUT2D eigenvalue weighted by molar-refractivity contribution is 6.30. The number of amides is 1. The van der Waals surface area contributed by atoms with E-state index in [1.807, 2.05) is 48.8 Å². The predicted molar refractivity (Wildman–Crippen MR) is 126 cm³/mol. The highest BCUT2D eigenvalue weighted by atomic mass is 35.5. The largest absolute Gasteiger partial charge is 0.354 e. The molecule has 0 unspecified atom stereocenters. The van der Waals surface area contributed by atoms with Crippen molar-refractivity contribution in [3.05, 3.63) is 95.3 Å². The number of likely N-dealkylation sites (tertiary alicyclic amines) is 1. The van der Waals surface area contributed by atoms with E-state index in [0.29, 0.717) is 6.42 Å². The molecule has 1 aromatic heterocycles. The van der Waals surface area contributed by atoms with Crippen molar-refractivity contribution in [1.29, 1.82) is 0 Å². The third-order valence-corrected chi connectivity index (χ3v) is 6.32. The first-order valence-corrected chi connectivity index (χ1v) is 11.5. The molecule has 3 aromatic rings. The Morgan fingerprint density at radius 3 is 2.32 bits per heavy atom. The maximum absolute atomic E-state index is 12.9. The van der Waals surface area contributed by atoms with Crippen molar-refractivity contribution in [3.8, 4) is 0 Å². The summed E-state index contributed by atoms with van der Waals surface area (Å²) in [5, 5.41) is 4.01. The first kappa shape index (κ1) is 21.7. The van der Waals surface area contributed by atoms with Crippen LogP contribution in [-0.2, 0) is 17.9 Å². The topological polar surface area (TPSA) is 37.3 Å². The number of halogens is 1. The van der Waals surface area contributed by atoms with Gasteiger partial charge in [-0.2, -0.15) is 0 Å². The smallest absolute Gasteiger partial charge is 0.220 e. The Kier molecular flexibility index (Phi) is 7.44. The Balaban J connectivity index is 1.30. The summed E-state index contributed by atoms with van der Waals surface area (Å²) in [7, 11) is 0. The maximum atomic E-state index is 12.9. The van der Waals surface area contributed by atoms with E-state index in [0.717, 1.165) is 49.6 Å². The van der Waals surface area contributed by atoms with Crippen LogP contribution in [0.1, 0.15) is 36.3 Å². The van der Waals surface area contributed by atoms with Gasteiger partial charge in [-0.3, -0.25) is 9.69 Å². The fourth-order valence-electron chi connectivity index (χ4n) is 4.36. The van der Waals surface area contributed by atoms with Crippen molar-refractivity contribution >= 4 is 17.5 Å². The van der Waals surface area contributed by atoms with Crippen molar-refractivity contribution in [2.75, 3.05) is 13.1 Å². The molecular formula is C26H30ClN3O. The third kappa shape index (κ3) is 6.46. The van der Waals surface area contributed by atoms with Gasteiger partial charge in [-0.25, -0.2) is 0 Å². The lowest BCUT2D eigenvalue weighted by atomic mass is 9.94. The molecule has 2 aromatic carbocycles. The van der Waals surface area contributed by atoms with Gasteiger partial charge in [0.15, 0.2) is 0 Å². The monoisotopic (exact) mass is 435 g/mol. The Hall–Kier alpha value is -2.56. The molecule has 0 spiro atoms. The summed E-state index contributed by atoms with van der Waals surface area (Å²) in [6, 6.07) is 22.8. The van der Waals surface area contributed by atoms with Crippen LogP contribution in [-0.4, -0.2) is 34.5 Å². The van der Waals surface area contributed by atoms with Gasteiger partial charge in [0.25, 0.3) is 0 Å². The van der Waals surface area contributed by atoms with E-state index in [1.54, 1.807) is 0 Å². The average molecular weight is 436 g/mol. The minimum atomic E-state index is 0.114. The van der Waals surface area contributed by atoms with Gasteiger partial charge < -0.3 is 9.88 Å². The quantitative estimate of drug-likeness (QED) is 0.534. The summed E-state index contributed by atoms with van der Waals surface area (Å²) in [6.45, 7) is 3.79. The van der Waals surface area contributed by atoms with Crippen molar-refractivity contribution in [2.45, 2.75) is 44.3 Å². The van der Waals surface area contributed by atoms with Gasteiger partial charge in [-0.05, 0) is 48.2 Å². The zero-order valence-corrected chi connectivity index (χ0v) is 18.5. The molecule has 1 aliphatic rings. The molecule has 0 bridgehead atoms. The van der Waals surface area contributed by atoms with Crippen LogP contribution in [0, 0.1) is 0 Å². The van der Waals surface area contributed by atoms with E-state index in [1.165, 1.54) is 5.56 Å². The van der Waals surface area contributed by atoms with E-state index in [9.17, 15) is 4.79 Å². The number of nitrogens with one attached hydrogen (secondary N) is 1. The molecular weight excluding hydrogens is 406 g/mol. The number of piperidine rings is 1. The molecule has 4 nitrogen and oxygen atoms in total. The summed E-state index contributed by atoms with van der Waals surface area (Å²) >= 11 is 6.07. The van der Waals surface area contributed by atoms with E-state index >= 15 is 0 Å². The van der Waals surface area contributed by atoms with Gasteiger partial charge >= 0.3 is 0 Å². The van der Waals surface area contributed by atoms with Crippen molar-refractivity contribution < 1.29 is 4.79 Å². The SMILES string of the molecule is O=C(C[C@@H](Cn1cccc1)c1ccc(Cl)cc1)NC1CCN(Cc2ccccc2)CC1. The molecule has 31 heavy (non-hydrogen) atoms. The van der Waals surface area contributed by atoms with Gasteiger partial charge in [0.1, 0.15) is 0 Å². The van der Waals surface area contributed by atoms with Gasteiger partial charge in [0.05, 0.1) is 0 Å². The molecule has 1 atom stereocenters. The summed E-state index contributed by atoms with van der Waals surface area (Å²) in [5.41, 5.74) is 2.49. The zero-order chi connectivity index (χ0) is 21.5. The standard InChI is InChI=1S/C26H30ClN3O/c27-24-10-8-22(9-11-24)23(20-29-14-4-5-15-29)18-26(31)28-25-12-16-30(17-13-25)19-21-6-2-1-3-7-21/h1-11,14-15,23,25H,12-13,16-20H2,(H,28,31)/t23-/m0/s1. The molecule has 162 valence electrons. The minimum Gasteiger partial charge on any atom is -0.354 e. The molecule has 0 saturated carbocycles. The number of aromatic nitrogens is 1. The average Bonchev–Trinajstić information content (AvgIpc) is 3.29. The number of carbonyl (C=O) groups is 1.